The van der Waals surface area contributed by atoms with Crippen molar-refractivity contribution < 1.29 is 33.2 Å². The van der Waals surface area contributed by atoms with Crippen LogP contribution in [0.4, 0.5) is 0 Å². The molecule has 7 nitrogen and oxygen atoms in total. The van der Waals surface area contributed by atoms with Gasteiger partial charge in [0.25, 0.3) is 8.32 Å². The molecule has 10 aromatic rings. The van der Waals surface area contributed by atoms with Gasteiger partial charge in [-0.2, -0.15) is 0 Å². The monoisotopic (exact) mass is 1070 g/mol. The Morgan fingerprint density at radius 3 is 1.09 bits per heavy atom. The van der Waals surface area contributed by atoms with E-state index in [1.807, 2.05) is 176 Å². The first-order chi connectivity index (χ1) is 39.2. The zero-order valence-electron chi connectivity index (χ0n) is 45.7. The van der Waals surface area contributed by atoms with E-state index in [1.165, 1.54) is 0 Å². The van der Waals surface area contributed by atoms with Crippen molar-refractivity contribution >= 4 is 18.7 Å². The van der Waals surface area contributed by atoms with Crippen LogP contribution >= 0.6 is 0 Å². The molecule has 10 rings (SSSR count). The van der Waals surface area contributed by atoms with Gasteiger partial charge in [-0.15, -0.1) is 0 Å². The number of benzene rings is 10. The molecule has 0 aliphatic rings. The lowest BCUT2D eigenvalue weighted by Gasteiger charge is -2.43. The zero-order chi connectivity index (χ0) is 55.0. The van der Waals surface area contributed by atoms with Crippen molar-refractivity contribution in [3.8, 4) is 28.7 Å². The molecule has 0 aliphatic heterocycles. The molecule has 0 radical (unpaired) electrons. The highest BCUT2D eigenvalue weighted by molar-refractivity contribution is 6.99. The summed E-state index contributed by atoms with van der Waals surface area (Å²) < 4.78 is 41.6. The molecule has 2 atom stereocenters. The quantitative estimate of drug-likeness (QED) is 0.0604. The minimum absolute atomic E-state index is 0.143. The Morgan fingerprint density at radius 2 is 0.700 bits per heavy atom. The number of aliphatic hydroxyl groups excluding tert-OH is 1. The molecule has 0 spiro atoms. The van der Waals surface area contributed by atoms with E-state index in [4.69, 9.17) is 28.1 Å². The molecule has 0 aliphatic carbocycles. The first-order valence-corrected chi connectivity index (χ1v) is 29.3. The Hall–Kier alpha value is -8.66. The average molecular weight is 1070 g/mol. The smallest absolute Gasteiger partial charge is 0.261 e. The Balaban J connectivity index is 1.18. The molecule has 8 heteroatoms. The number of ether oxygens (including phenoxy) is 5. The van der Waals surface area contributed by atoms with Gasteiger partial charge in [0.05, 0.1) is 12.7 Å². The lowest BCUT2D eigenvalue weighted by molar-refractivity contribution is 0.154. The summed E-state index contributed by atoms with van der Waals surface area (Å²) in [6.45, 7) is 8.59. The van der Waals surface area contributed by atoms with Gasteiger partial charge in [0.2, 0.25) is 0 Å². The van der Waals surface area contributed by atoms with Crippen LogP contribution in [-0.4, -0.2) is 13.4 Å². The lowest BCUT2D eigenvalue weighted by atomic mass is 9.80. The number of rotatable bonds is 24. The van der Waals surface area contributed by atoms with E-state index in [0.717, 1.165) is 54.9 Å². The fourth-order valence-electron chi connectivity index (χ4n) is 10.4. The molecular weight excluding hydrogens is 1000 g/mol. The third-order valence-electron chi connectivity index (χ3n) is 14.4. The van der Waals surface area contributed by atoms with Crippen LogP contribution in [0.25, 0.3) is 0 Å². The molecule has 0 heterocycles. The van der Waals surface area contributed by atoms with Crippen molar-refractivity contribution in [1.29, 1.82) is 0 Å². The third kappa shape index (κ3) is 13.8. The second kappa shape index (κ2) is 26.3. The van der Waals surface area contributed by atoms with Crippen molar-refractivity contribution in [3.63, 3.8) is 0 Å². The number of aliphatic hydroxyl groups is 1. The van der Waals surface area contributed by atoms with Crippen molar-refractivity contribution in [2.24, 2.45) is 0 Å². The number of hydrogen-bond donors (Lipinski definition) is 1. The molecule has 0 fully saturated rings. The normalized spacial score (nSPS) is 12.2. The highest BCUT2D eigenvalue weighted by atomic mass is 28.4. The van der Waals surface area contributed by atoms with Crippen molar-refractivity contribution in [2.75, 3.05) is 0 Å². The van der Waals surface area contributed by atoms with Crippen LogP contribution in [0.1, 0.15) is 82.9 Å². The van der Waals surface area contributed by atoms with Crippen LogP contribution < -0.4 is 34.1 Å². The van der Waals surface area contributed by atoms with Crippen LogP contribution in [0.5, 0.6) is 28.7 Å². The summed E-state index contributed by atoms with van der Waals surface area (Å²) in [4.78, 5) is 0. The summed E-state index contributed by atoms with van der Waals surface area (Å²) in [5.41, 5.74) is 8.03. The number of hydrogen-bond acceptors (Lipinski definition) is 7. The van der Waals surface area contributed by atoms with E-state index in [2.05, 4.69) is 112 Å². The standard InChI is InChI=1S/C72H68O7Si/c1-72(2,3)80(66-35-21-9-22-36-66,67-37-23-10-24-38-67)79-53-61-45-65(77-51-57-31-17-7-18-32-57)47-68(78-52-58-33-19-8-20-34-58)69(61)70(71(73)59-39-41-62(42-40-59)74-48-54-25-11-4-12-26-54)60-43-63(75-49-55-27-13-5-14-28-55)46-64(44-60)76-50-56-29-15-6-16-30-56/h4-47,70-71,73H,48-53H2,1-3H3. The van der Waals surface area contributed by atoms with Gasteiger partial charge in [0.1, 0.15) is 61.8 Å². The van der Waals surface area contributed by atoms with Crippen LogP contribution in [-0.2, 0) is 44.1 Å². The lowest BCUT2D eigenvalue weighted by Crippen LogP contribution is -2.66. The fourth-order valence-corrected chi connectivity index (χ4v) is 14.9. The summed E-state index contributed by atoms with van der Waals surface area (Å²) in [7, 11) is -3.18. The molecule has 0 amide bonds. The maximum atomic E-state index is 13.6. The molecule has 0 saturated heterocycles. The van der Waals surface area contributed by atoms with E-state index >= 15 is 0 Å². The zero-order valence-corrected chi connectivity index (χ0v) is 46.7. The largest absolute Gasteiger partial charge is 0.489 e. The van der Waals surface area contributed by atoms with Gasteiger partial charge in [-0.3, -0.25) is 0 Å². The van der Waals surface area contributed by atoms with Crippen molar-refractivity contribution in [1.82, 2.24) is 0 Å². The van der Waals surface area contributed by atoms with E-state index in [1.54, 1.807) is 0 Å². The summed E-state index contributed by atoms with van der Waals surface area (Å²) in [6.07, 6.45) is -1.16. The predicted octanol–water partition coefficient (Wildman–Crippen LogP) is 15.5. The van der Waals surface area contributed by atoms with Crippen molar-refractivity contribution in [2.45, 2.75) is 77.5 Å². The van der Waals surface area contributed by atoms with E-state index in [-0.39, 0.29) is 18.3 Å². The Kier molecular flexibility index (Phi) is 18.0. The van der Waals surface area contributed by atoms with Gasteiger partial charge in [-0.05, 0) is 90.3 Å². The van der Waals surface area contributed by atoms with Crippen LogP contribution in [0.3, 0.4) is 0 Å². The second-order valence-electron chi connectivity index (χ2n) is 21.0. The van der Waals surface area contributed by atoms with Crippen LogP contribution in [0, 0.1) is 0 Å². The Labute approximate surface area is 472 Å². The minimum Gasteiger partial charge on any atom is -0.489 e. The van der Waals surface area contributed by atoms with Gasteiger partial charge in [-0.25, -0.2) is 0 Å². The first-order valence-electron chi connectivity index (χ1n) is 27.4. The van der Waals surface area contributed by atoms with Gasteiger partial charge >= 0.3 is 0 Å². The minimum atomic E-state index is -3.18. The maximum absolute atomic E-state index is 13.6. The average Bonchev–Trinajstić information content (AvgIpc) is 3.59. The van der Waals surface area contributed by atoms with E-state index in [9.17, 15) is 5.11 Å². The summed E-state index contributed by atoms with van der Waals surface area (Å²) in [5, 5.41) is 15.6. The second-order valence-corrected chi connectivity index (χ2v) is 25.4. The molecule has 0 saturated carbocycles. The highest BCUT2D eigenvalue weighted by Gasteiger charge is 2.50. The van der Waals surface area contributed by atoms with Gasteiger partial charge in [-0.1, -0.05) is 245 Å². The fraction of sp³-hybridized carbons (Fsp3) is 0.167. The van der Waals surface area contributed by atoms with Gasteiger partial charge < -0.3 is 33.2 Å². The maximum Gasteiger partial charge on any atom is 0.261 e. The highest BCUT2D eigenvalue weighted by Crippen LogP contribution is 2.48. The molecule has 0 bridgehead atoms. The Morgan fingerprint density at radius 1 is 0.350 bits per heavy atom. The first kappa shape index (κ1) is 54.7. The van der Waals surface area contributed by atoms with E-state index < -0.39 is 20.3 Å². The third-order valence-corrected chi connectivity index (χ3v) is 19.4. The van der Waals surface area contributed by atoms with Crippen LogP contribution in [0.2, 0.25) is 5.04 Å². The molecule has 1 N–H and O–H groups in total. The SMILES string of the molecule is CC(C)(C)[Si](OCc1cc(OCc2ccccc2)cc(OCc2ccccc2)c1C(c1cc(OCc2ccccc2)cc(OCc2ccccc2)c1)C(O)c1ccc(OCc2ccccc2)cc1)(c1ccccc1)c1ccccc1. The molecule has 0 aromatic heterocycles. The molecule has 10 aromatic carbocycles. The topological polar surface area (TPSA) is 75.6 Å². The summed E-state index contributed by atoms with van der Waals surface area (Å²) in [5.74, 6) is 2.17. The van der Waals surface area contributed by atoms with Gasteiger partial charge in [0, 0.05) is 23.6 Å². The van der Waals surface area contributed by atoms with Crippen molar-refractivity contribution in [3.05, 3.63) is 317 Å². The molecular formula is C72H68O7Si. The predicted molar refractivity (Wildman–Crippen MR) is 322 cm³/mol. The summed E-state index contributed by atoms with van der Waals surface area (Å²) in [6, 6.07) is 89.7. The van der Waals surface area contributed by atoms with E-state index in [0.29, 0.717) is 60.7 Å². The molecule has 80 heavy (non-hydrogen) atoms. The van der Waals surface area contributed by atoms with Gasteiger partial charge in [0.15, 0.2) is 0 Å². The van der Waals surface area contributed by atoms with Crippen LogP contribution in [0.15, 0.2) is 267 Å². The molecule has 2 unspecified atom stereocenters. The molecule has 402 valence electrons. The Bertz CT molecular complexity index is 3370. The summed E-state index contributed by atoms with van der Waals surface area (Å²) >= 11 is 0.